The van der Waals surface area contributed by atoms with Crippen molar-refractivity contribution in [2.75, 3.05) is 20.8 Å². The zero-order valence-corrected chi connectivity index (χ0v) is 16.2. The average Bonchev–Trinajstić information content (AvgIpc) is 3.50. The predicted octanol–water partition coefficient (Wildman–Crippen LogP) is 3.86. The van der Waals surface area contributed by atoms with Crippen molar-refractivity contribution in [2.45, 2.75) is 25.4 Å². The summed E-state index contributed by atoms with van der Waals surface area (Å²) < 4.78 is 29.8. The molecule has 5 nitrogen and oxygen atoms in total. The van der Waals surface area contributed by atoms with Crippen molar-refractivity contribution in [3.8, 4) is 11.5 Å². The summed E-state index contributed by atoms with van der Waals surface area (Å²) in [4.78, 5) is 11.6. The number of carbonyl (C=O) groups is 1. The van der Waals surface area contributed by atoms with Crippen LogP contribution in [0.25, 0.3) is 0 Å². The fourth-order valence-electron chi connectivity index (χ4n) is 3.34. The number of aliphatic hydroxyl groups is 1. The van der Waals surface area contributed by atoms with E-state index in [-0.39, 0.29) is 17.7 Å². The second-order valence-corrected chi connectivity index (χ2v) is 7.13. The maximum atomic E-state index is 14.1. The Bertz CT molecular complexity index is 837. The Morgan fingerprint density at radius 2 is 2.00 bits per heavy atom. The number of carbonyl (C=O) groups excluding carboxylic acids is 1. The van der Waals surface area contributed by atoms with Crippen LogP contribution in [-0.2, 0) is 9.53 Å². The summed E-state index contributed by atoms with van der Waals surface area (Å²) in [5.41, 5.74) is 1.24. The van der Waals surface area contributed by atoms with E-state index in [0.717, 1.165) is 6.42 Å². The topological polar surface area (TPSA) is 65.0 Å². The standard InChI is InChI=1S/C22H25FO5/c1-13(22(25)27-3)21(24)14-5-4-6-17(9-14)28-12-15-10-18(15)19-11-16(26-2)7-8-20(19)23/h4-9,11,13,15,18,21,24H,10,12H2,1-3H3/t13-,15-,18+,21+/m0/s1. The Morgan fingerprint density at radius 1 is 1.21 bits per heavy atom. The van der Waals surface area contributed by atoms with Gasteiger partial charge in [0.15, 0.2) is 0 Å². The molecular weight excluding hydrogens is 363 g/mol. The van der Waals surface area contributed by atoms with E-state index in [1.54, 1.807) is 50.4 Å². The van der Waals surface area contributed by atoms with E-state index in [9.17, 15) is 14.3 Å². The van der Waals surface area contributed by atoms with E-state index in [4.69, 9.17) is 9.47 Å². The van der Waals surface area contributed by atoms with Crippen LogP contribution in [0.4, 0.5) is 4.39 Å². The van der Waals surface area contributed by atoms with Gasteiger partial charge in [-0.15, -0.1) is 0 Å². The van der Waals surface area contributed by atoms with E-state index in [1.807, 2.05) is 0 Å². The minimum absolute atomic E-state index is 0.114. The summed E-state index contributed by atoms with van der Waals surface area (Å²) in [6.07, 6.45) is -0.123. The highest BCUT2D eigenvalue weighted by molar-refractivity contribution is 5.72. The molecule has 1 saturated carbocycles. The van der Waals surface area contributed by atoms with Gasteiger partial charge in [-0.1, -0.05) is 12.1 Å². The van der Waals surface area contributed by atoms with Crippen LogP contribution in [-0.4, -0.2) is 31.9 Å². The molecule has 0 spiro atoms. The molecule has 1 aliphatic rings. The molecule has 0 saturated heterocycles. The van der Waals surface area contributed by atoms with E-state index in [2.05, 4.69) is 4.74 Å². The van der Waals surface area contributed by atoms with Crippen LogP contribution in [0, 0.1) is 17.7 Å². The van der Waals surface area contributed by atoms with Crippen LogP contribution in [0.1, 0.15) is 36.5 Å². The van der Waals surface area contributed by atoms with E-state index >= 15 is 0 Å². The van der Waals surface area contributed by atoms with Crippen molar-refractivity contribution in [3.63, 3.8) is 0 Å². The average molecular weight is 388 g/mol. The van der Waals surface area contributed by atoms with Crippen molar-refractivity contribution in [1.29, 1.82) is 0 Å². The third-order valence-corrected chi connectivity index (χ3v) is 5.24. The molecule has 6 heteroatoms. The van der Waals surface area contributed by atoms with E-state index < -0.39 is 18.0 Å². The Kier molecular flexibility index (Phi) is 6.19. The van der Waals surface area contributed by atoms with Gasteiger partial charge in [-0.2, -0.15) is 0 Å². The number of benzene rings is 2. The van der Waals surface area contributed by atoms with Crippen molar-refractivity contribution in [3.05, 3.63) is 59.4 Å². The largest absolute Gasteiger partial charge is 0.497 e. The SMILES string of the molecule is COC(=O)[C@@H](C)[C@@H](O)c1cccc(OC[C@@H]2C[C@H]2c2cc(OC)ccc2F)c1. The maximum absolute atomic E-state index is 14.1. The highest BCUT2D eigenvalue weighted by Crippen LogP contribution is 2.49. The molecule has 0 heterocycles. The number of rotatable bonds is 8. The molecule has 0 aromatic heterocycles. The first-order valence-electron chi connectivity index (χ1n) is 9.26. The number of halogens is 1. The molecule has 3 rings (SSSR count). The molecule has 0 aliphatic heterocycles. The molecule has 2 aromatic carbocycles. The second kappa shape index (κ2) is 8.61. The molecule has 0 radical (unpaired) electrons. The number of ether oxygens (including phenoxy) is 3. The van der Waals surface area contributed by atoms with Crippen LogP contribution in [0.15, 0.2) is 42.5 Å². The summed E-state index contributed by atoms with van der Waals surface area (Å²) in [5.74, 6) is 0.210. The number of esters is 1. The predicted molar refractivity (Wildman–Crippen MR) is 102 cm³/mol. The van der Waals surface area contributed by atoms with Gasteiger partial charge in [0.05, 0.1) is 32.8 Å². The van der Waals surface area contributed by atoms with Gasteiger partial charge in [-0.25, -0.2) is 4.39 Å². The first-order valence-corrected chi connectivity index (χ1v) is 9.26. The van der Waals surface area contributed by atoms with Crippen molar-refractivity contribution in [2.24, 2.45) is 11.8 Å². The van der Waals surface area contributed by atoms with Gasteiger partial charge >= 0.3 is 5.97 Å². The Balaban J connectivity index is 1.60. The van der Waals surface area contributed by atoms with Gasteiger partial charge in [-0.3, -0.25) is 4.79 Å². The molecule has 1 fully saturated rings. The lowest BCUT2D eigenvalue weighted by Crippen LogP contribution is -2.20. The normalized spacial score (nSPS) is 20.2. The van der Waals surface area contributed by atoms with E-state index in [0.29, 0.717) is 29.2 Å². The van der Waals surface area contributed by atoms with Crippen molar-refractivity contribution in [1.82, 2.24) is 0 Å². The number of methoxy groups -OCH3 is 2. The molecule has 150 valence electrons. The molecule has 2 aromatic rings. The molecule has 0 amide bonds. The summed E-state index contributed by atoms with van der Waals surface area (Å²) in [6.45, 7) is 2.06. The van der Waals surface area contributed by atoms with Crippen LogP contribution >= 0.6 is 0 Å². The molecule has 28 heavy (non-hydrogen) atoms. The minimum Gasteiger partial charge on any atom is -0.497 e. The molecule has 1 aliphatic carbocycles. The highest BCUT2D eigenvalue weighted by atomic mass is 19.1. The highest BCUT2D eigenvalue weighted by Gasteiger charge is 2.40. The first-order chi connectivity index (χ1) is 13.4. The van der Waals surface area contributed by atoms with Gasteiger partial charge in [-0.05, 0) is 60.7 Å². The van der Waals surface area contributed by atoms with Crippen LogP contribution < -0.4 is 9.47 Å². The van der Waals surface area contributed by atoms with Crippen molar-refractivity contribution < 1.29 is 28.5 Å². The van der Waals surface area contributed by atoms with Gasteiger partial charge in [0.1, 0.15) is 17.3 Å². The van der Waals surface area contributed by atoms with Gasteiger partial charge < -0.3 is 19.3 Å². The number of hydrogen-bond acceptors (Lipinski definition) is 5. The zero-order chi connectivity index (χ0) is 20.3. The fourth-order valence-corrected chi connectivity index (χ4v) is 3.34. The monoisotopic (exact) mass is 388 g/mol. The minimum atomic E-state index is -0.976. The lowest BCUT2D eigenvalue weighted by atomic mass is 9.97. The number of aliphatic hydroxyl groups excluding tert-OH is 1. The van der Waals surface area contributed by atoms with Crippen LogP contribution in [0.2, 0.25) is 0 Å². The quantitative estimate of drug-likeness (QED) is 0.696. The summed E-state index contributed by atoms with van der Waals surface area (Å²) in [6, 6.07) is 11.8. The molecule has 0 unspecified atom stereocenters. The first kappa shape index (κ1) is 20.1. The second-order valence-electron chi connectivity index (χ2n) is 7.13. The van der Waals surface area contributed by atoms with Crippen LogP contribution in [0.5, 0.6) is 11.5 Å². The molecular formula is C22H25FO5. The lowest BCUT2D eigenvalue weighted by Gasteiger charge is -2.17. The zero-order valence-electron chi connectivity index (χ0n) is 16.2. The number of hydrogen-bond donors (Lipinski definition) is 1. The smallest absolute Gasteiger partial charge is 0.311 e. The molecule has 1 N–H and O–H groups in total. The van der Waals surface area contributed by atoms with Crippen LogP contribution in [0.3, 0.4) is 0 Å². The van der Waals surface area contributed by atoms with Gasteiger partial charge in [0, 0.05) is 5.92 Å². The third kappa shape index (κ3) is 4.44. The fraction of sp³-hybridized carbons (Fsp3) is 0.409. The molecule has 0 bridgehead atoms. The summed E-state index contributed by atoms with van der Waals surface area (Å²) >= 11 is 0. The third-order valence-electron chi connectivity index (χ3n) is 5.24. The van der Waals surface area contributed by atoms with Gasteiger partial charge in [0.25, 0.3) is 0 Å². The molecule has 4 atom stereocenters. The Morgan fingerprint density at radius 3 is 2.71 bits per heavy atom. The Labute approximate surface area is 164 Å². The van der Waals surface area contributed by atoms with E-state index in [1.165, 1.54) is 13.2 Å². The lowest BCUT2D eigenvalue weighted by molar-refractivity contribution is -0.148. The van der Waals surface area contributed by atoms with Crippen molar-refractivity contribution >= 4 is 5.97 Å². The Hall–Kier alpha value is -2.60. The summed E-state index contributed by atoms with van der Waals surface area (Å²) in [5, 5.41) is 10.4. The maximum Gasteiger partial charge on any atom is 0.311 e. The van der Waals surface area contributed by atoms with Gasteiger partial charge in [0.2, 0.25) is 0 Å². The summed E-state index contributed by atoms with van der Waals surface area (Å²) in [7, 11) is 2.86.